The van der Waals surface area contributed by atoms with Crippen molar-refractivity contribution in [3.8, 4) is 0 Å². The zero-order chi connectivity index (χ0) is 25.9. The number of H-pyrrole nitrogens is 1. The smallest absolute Gasteiger partial charge is 0.408 e. The number of carboxylic acids is 1. The van der Waals surface area contributed by atoms with Gasteiger partial charge in [0.15, 0.2) is 17.4 Å². The lowest BCUT2D eigenvalue weighted by atomic mass is 10.2. The van der Waals surface area contributed by atoms with Crippen LogP contribution in [0.15, 0.2) is 55.4 Å². The van der Waals surface area contributed by atoms with E-state index in [0.29, 0.717) is 17.0 Å². The summed E-state index contributed by atoms with van der Waals surface area (Å²) in [6, 6.07) is 7.89. The van der Waals surface area contributed by atoms with E-state index in [2.05, 4.69) is 40.9 Å². The third-order valence-electron chi connectivity index (χ3n) is 5.54. The number of hydrogen-bond acceptors (Lipinski definition) is 9. The van der Waals surface area contributed by atoms with Crippen LogP contribution < -0.4 is 16.0 Å². The molecule has 13 nitrogen and oxygen atoms in total. The zero-order valence-corrected chi connectivity index (χ0v) is 20.1. The molecule has 3 aromatic heterocycles. The Morgan fingerprint density at radius 3 is 2.70 bits per heavy atom. The molecule has 1 aromatic carbocycles. The number of imidazole rings is 2. The molecule has 1 amide bonds. The first-order valence-electron chi connectivity index (χ1n) is 11.9. The number of ether oxygens (including phenoxy) is 1. The van der Waals surface area contributed by atoms with Gasteiger partial charge in [-0.2, -0.15) is 0 Å². The Hall–Kier alpha value is -4.68. The Morgan fingerprint density at radius 1 is 1.05 bits per heavy atom. The fraction of sp³-hybridized carbons (Fsp3) is 0.333. The van der Waals surface area contributed by atoms with Crippen molar-refractivity contribution in [3.05, 3.63) is 60.9 Å². The summed E-state index contributed by atoms with van der Waals surface area (Å²) in [7, 11) is 0. The highest BCUT2D eigenvalue weighted by Gasteiger charge is 2.21. The maximum Gasteiger partial charge on any atom is 0.408 e. The second-order valence-corrected chi connectivity index (χ2v) is 8.24. The Balaban J connectivity index is 1.25. The van der Waals surface area contributed by atoms with E-state index in [1.54, 1.807) is 18.7 Å². The number of benzene rings is 1. The molecule has 194 valence electrons. The van der Waals surface area contributed by atoms with E-state index in [-0.39, 0.29) is 13.2 Å². The standard InChI is InChI=1S/C24H29N9O4/c34-22(35)18(32-24(36)37-14-17-7-3-1-4-8-17)13-28-20-19-21(30-15-29-20)33(16-31-19)12-6-2-5-9-25-23-26-10-11-27-23/h1,3-4,7-8,10-11,15-16,18H,2,5-6,9,12-14H2,(H,32,36)(H,34,35)(H2,25,26,27)(H,28,29,30)/t18-/m0/s1. The number of rotatable bonds is 14. The molecule has 0 radical (unpaired) electrons. The molecule has 5 N–H and O–H groups in total. The second kappa shape index (κ2) is 12.9. The number of aromatic nitrogens is 6. The highest BCUT2D eigenvalue weighted by molar-refractivity contribution is 5.84. The van der Waals surface area contributed by atoms with E-state index in [9.17, 15) is 14.7 Å². The molecule has 0 saturated carbocycles. The maximum atomic E-state index is 12.1. The fourth-order valence-electron chi connectivity index (χ4n) is 3.63. The molecule has 37 heavy (non-hydrogen) atoms. The van der Waals surface area contributed by atoms with Crippen LogP contribution in [0.2, 0.25) is 0 Å². The number of unbranched alkanes of at least 4 members (excludes halogenated alkanes) is 2. The summed E-state index contributed by atoms with van der Waals surface area (Å²) in [5.41, 5.74) is 1.97. The third-order valence-corrected chi connectivity index (χ3v) is 5.54. The number of anilines is 2. The SMILES string of the molecule is O=C(N[C@@H](CNc1ncnc2c1ncn2CCCCCNc1ncc[nH]1)C(=O)O)OCc1ccccc1. The quantitative estimate of drug-likeness (QED) is 0.160. The number of hydrogen-bond donors (Lipinski definition) is 5. The van der Waals surface area contributed by atoms with E-state index in [0.717, 1.165) is 43.9 Å². The van der Waals surface area contributed by atoms with Gasteiger partial charge in [0.25, 0.3) is 0 Å². The van der Waals surface area contributed by atoms with Crippen LogP contribution >= 0.6 is 0 Å². The number of nitrogens with zero attached hydrogens (tertiary/aromatic N) is 5. The molecule has 4 aromatic rings. The monoisotopic (exact) mass is 507 g/mol. The molecule has 0 aliphatic heterocycles. The van der Waals surface area contributed by atoms with Crippen molar-refractivity contribution < 1.29 is 19.4 Å². The van der Waals surface area contributed by atoms with Crippen molar-refractivity contribution in [1.82, 2.24) is 34.8 Å². The van der Waals surface area contributed by atoms with Crippen molar-refractivity contribution in [2.75, 3.05) is 23.7 Å². The van der Waals surface area contributed by atoms with Gasteiger partial charge in [0.05, 0.1) is 6.33 Å². The average Bonchev–Trinajstić information content (AvgIpc) is 3.58. The lowest BCUT2D eigenvalue weighted by molar-refractivity contribution is -0.139. The van der Waals surface area contributed by atoms with Gasteiger partial charge in [-0.3, -0.25) is 0 Å². The Labute approximate surface area is 212 Å². The zero-order valence-electron chi connectivity index (χ0n) is 20.1. The molecule has 0 aliphatic rings. The van der Waals surface area contributed by atoms with Crippen LogP contribution in [-0.2, 0) is 22.7 Å². The average molecular weight is 508 g/mol. The lowest BCUT2D eigenvalue weighted by Crippen LogP contribution is -2.45. The minimum absolute atomic E-state index is 0.0386. The lowest BCUT2D eigenvalue weighted by Gasteiger charge is -2.16. The highest BCUT2D eigenvalue weighted by atomic mass is 16.5. The van der Waals surface area contributed by atoms with Gasteiger partial charge in [-0.1, -0.05) is 30.3 Å². The molecular formula is C24H29N9O4. The van der Waals surface area contributed by atoms with E-state index in [1.807, 2.05) is 34.9 Å². The number of aromatic amines is 1. The summed E-state index contributed by atoms with van der Waals surface area (Å²) in [6.07, 6.45) is 8.69. The Kier molecular flexibility index (Phi) is 8.83. The van der Waals surface area contributed by atoms with Gasteiger partial charge in [-0.05, 0) is 24.8 Å². The summed E-state index contributed by atoms with van der Waals surface area (Å²) in [6.45, 7) is 1.49. The van der Waals surface area contributed by atoms with Crippen LogP contribution in [-0.4, -0.2) is 65.8 Å². The summed E-state index contributed by atoms with van der Waals surface area (Å²) in [4.78, 5) is 43.9. The van der Waals surface area contributed by atoms with Gasteiger partial charge in [0.2, 0.25) is 0 Å². The minimum Gasteiger partial charge on any atom is -0.480 e. The molecule has 4 rings (SSSR count). The number of alkyl carbamates (subject to hydrolysis) is 1. The van der Waals surface area contributed by atoms with Crippen LogP contribution in [0.4, 0.5) is 16.6 Å². The summed E-state index contributed by atoms with van der Waals surface area (Å²) in [5.74, 6) is -0.0552. The second-order valence-electron chi connectivity index (χ2n) is 8.24. The molecule has 0 fully saturated rings. The Morgan fingerprint density at radius 2 is 1.92 bits per heavy atom. The van der Waals surface area contributed by atoms with E-state index in [1.165, 1.54) is 6.33 Å². The van der Waals surface area contributed by atoms with Crippen molar-refractivity contribution in [1.29, 1.82) is 0 Å². The maximum absolute atomic E-state index is 12.1. The number of aliphatic carboxylic acids is 1. The van der Waals surface area contributed by atoms with Crippen molar-refractivity contribution >= 4 is 35.0 Å². The van der Waals surface area contributed by atoms with Crippen molar-refractivity contribution in [2.45, 2.75) is 38.5 Å². The van der Waals surface area contributed by atoms with Gasteiger partial charge in [0.1, 0.15) is 24.5 Å². The summed E-state index contributed by atoms with van der Waals surface area (Å²) < 4.78 is 7.06. The number of fused-ring (bicyclic) bond motifs is 1. The molecule has 0 spiro atoms. The van der Waals surface area contributed by atoms with Gasteiger partial charge in [-0.25, -0.2) is 29.5 Å². The molecule has 0 unspecified atom stereocenters. The van der Waals surface area contributed by atoms with Crippen molar-refractivity contribution in [2.24, 2.45) is 0 Å². The largest absolute Gasteiger partial charge is 0.480 e. The molecular weight excluding hydrogens is 478 g/mol. The third kappa shape index (κ3) is 7.40. The van der Waals surface area contributed by atoms with Gasteiger partial charge < -0.3 is 35.3 Å². The van der Waals surface area contributed by atoms with Gasteiger partial charge in [-0.15, -0.1) is 0 Å². The van der Waals surface area contributed by atoms with Gasteiger partial charge >= 0.3 is 12.1 Å². The van der Waals surface area contributed by atoms with Crippen LogP contribution in [0.5, 0.6) is 0 Å². The topological polar surface area (TPSA) is 172 Å². The highest BCUT2D eigenvalue weighted by Crippen LogP contribution is 2.18. The predicted octanol–water partition coefficient (Wildman–Crippen LogP) is 2.62. The first-order valence-corrected chi connectivity index (χ1v) is 11.9. The number of amides is 1. The predicted molar refractivity (Wildman–Crippen MR) is 136 cm³/mol. The summed E-state index contributed by atoms with van der Waals surface area (Å²) in [5, 5.41) is 18.1. The normalized spacial score (nSPS) is 11.7. The van der Waals surface area contributed by atoms with Crippen molar-refractivity contribution in [3.63, 3.8) is 0 Å². The molecule has 0 saturated heterocycles. The minimum atomic E-state index is -1.23. The number of carboxylic acid groups (broad SMARTS) is 1. The fourth-order valence-corrected chi connectivity index (χ4v) is 3.63. The van der Waals surface area contributed by atoms with Crippen LogP contribution in [0.3, 0.4) is 0 Å². The molecule has 13 heteroatoms. The van der Waals surface area contributed by atoms with E-state index in [4.69, 9.17) is 4.74 Å². The first-order chi connectivity index (χ1) is 18.1. The Bertz CT molecular complexity index is 1280. The van der Waals surface area contributed by atoms with Gasteiger partial charge in [0, 0.05) is 32.0 Å². The first kappa shape index (κ1) is 25.4. The molecule has 0 bridgehead atoms. The van der Waals surface area contributed by atoms with E-state index >= 15 is 0 Å². The number of carbonyl (C=O) groups excluding carboxylic acids is 1. The number of aryl methyl sites for hydroxylation is 1. The van der Waals surface area contributed by atoms with Crippen LogP contribution in [0.1, 0.15) is 24.8 Å². The van der Waals surface area contributed by atoms with Crippen LogP contribution in [0, 0.1) is 0 Å². The molecule has 3 heterocycles. The summed E-state index contributed by atoms with van der Waals surface area (Å²) >= 11 is 0. The number of carbonyl (C=O) groups is 2. The van der Waals surface area contributed by atoms with Crippen LogP contribution in [0.25, 0.3) is 11.2 Å². The molecule has 0 aliphatic carbocycles. The molecule has 1 atom stereocenters. The number of nitrogens with one attached hydrogen (secondary N) is 4. The van der Waals surface area contributed by atoms with E-state index < -0.39 is 18.1 Å².